The van der Waals surface area contributed by atoms with E-state index in [0.29, 0.717) is 22.8 Å². The summed E-state index contributed by atoms with van der Waals surface area (Å²) in [4.78, 5) is 11.9. The summed E-state index contributed by atoms with van der Waals surface area (Å²) in [6, 6.07) is 14.5. The Bertz CT molecular complexity index is 555. The smallest absolute Gasteiger partial charge is 0.253 e. The van der Waals surface area contributed by atoms with E-state index in [1.807, 2.05) is 30.3 Å². The molecule has 1 amide bonds. The van der Waals surface area contributed by atoms with Crippen LogP contribution < -0.4 is 11.1 Å². The Morgan fingerprint density at radius 1 is 1.17 bits per heavy atom. The Labute approximate surface area is 111 Å². The third-order valence-electron chi connectivity index (χ3n) is 2.53. The van der Waals surface area contributed by atoms with Gasteiger partial charge < -0.3 is 11.1 Å². The van der Waals surface area contributed by atoms with Gasteiger partial charge >= 0.3 is 0 Å². The van der Waals surface area contributed by atoms with Gasteiger partial charge in [0.15, 0.2) is 0 Å². The molecule has 0 radical (unpaired) electrons. The van der Waals surface area contributed by atoms with Gasteiger partial charge in [-0.25, -0.2) is 0 Å². The second kappa shape index (κ2) is 5.56. The fraction of sp³-hybridized carbons (Fsp3) is 0.0714. The average Bonchev–Trinajstić information content (AvgIpc) is 2.40. The molecule has 0 aliphatic heterocycles. The fourth-order valence-electron chi connectivity index (χ4n) is 1.59. The summed E-state index contributed by atoms with van der Waals surface area (Å²) < 4.78 is 0. The van der Waals surface area contributed by atoms with Crippen LogP contribution in [-0.4, -0.2) is 5.91 Å². The van der Waals surface area contributed by atoms with Crippen molar-refractivity contribution in [2.75, 3.05) is 5.73 Å². The molecule has 4 heteroatoms. The van der Waals surface area contributed by atoms with Crippen molar-refractivity contribution >= 4 is 23.2 Å². The molecule has 0 spiro atoms. The number of amides is 1. The number of halogens is 1. The van der Waals surface area contributed by atoms with Crippen LogP contribution in [0.5, 0.6) is 0 Å². The van der Waals surface area contributed by atoms with Crippen molar-refractivity contribution in [2.24, 2.45) is 0 Å². The van der Waals surface area contributed by atoms with Gasteiger partial charge in [-0.15, -0.1) is 0 Å². The van der Waals surface area contributed by atoms with Gasteiger partial charge in [-0.05, 0) is 23.8 Å². The lowest BCUT2D eigenvalue weighted by Crippen LogP contribution is -2.23. The number of nitrogens with two attached hydrogens (primary N) is 1. The molecule has 0 saturated carbocycles. The van der Waals surface area contributed by atoms with Gasteiger partial charge in [-0.2, -0.15) is 0 Å². The summed E-state index contributed by atoms with van der Waals surface area (Å²) in [5.41, 5.74) is 7.58. The van der Waals surface area contributed by atoms with E-state index in [9.17, 15) is 4.79 Å². The van der Waals surface area contributed by atoms with Crippen LogP contribution in [0.1, 0.15) is 15.9 Å². The Morgan fingerprint density at radius 2 is 1.89 bits per heavy atom. The van der Waals surface area contributed by atoms with Gasteiger partial charge in [0.1, 0.15) is 0 Å². The number of carbonyl (C=O) groups excluding carboxylic acids is 1. The lowest BCUT2D eigenvalue weighted by Gasteiger charge is -2.07. The topological polar surface area (TPSA) is 55.1 Å². The fourth-order valence-corrected chi connectivity index (χ4v) is 1.79. The predicted octanol–water partition coefficient (Wildman–Crippen LogP) is 2.85. The molecule has 0 aliphatic rings. The van der Waals surface area contributed by atoms with E-state index in [-0.39, 0.29) is 5.91 Å². The Kier molecular flexibility index (Phi) is 3.85. The molecular formula is C14H13ClN2O. The van der Waals surface area contributed by atoms with Crippen molar-refractivity contribution in [3.05, 3.63) is 64.7 Å². The molecule has 0 bridgehead atoms. The molecule has 0 heterocycles. The zero-order chi connectivity index (χ0) is 13.0. The minimum Gasteiger partial charge on any atom is -0.399 e. The number of carbonyl (C=O) groups is 1. The highest BCUT2D eigenvalue weighted by Crippen LogP contribution is 2.18. The number of benzene rings is 2. The van der Waals surface area contributed by atoms with Crippen LogP contribution in [0.25, 0.3) is 0 Å². The number of anilines is 1. The molecule has 92 valence electrons. The highest BCUT2D eigenvalue weighted by Gasteiger charge is 2.10. The molecule has 3 nitrogen and oxygen atoms in total. The van der Waals surface area contributed by atoms with Gasteiger partial charge in [0.05, 0.1) is 10.6 Å². The summed E-state index contributed by atoms with van der Waals surface area (Å²) in [7, 11) is 0. The van der Waals surface area contributed by atoms with E-state index < -0.39 is 0 Å². The molecule has 0 saturated heterocycles. The van der Waals surface area contributed by atoms with Crippen LogP contribution in [0.3, 0.4) is 0 Å². The average molecular weight is 261 g/mol. The van der Waals surface area contributed by atoms with Crippen molar-refractivity contribution in [1.82, 2.24) is 5.32 Å². The first-order valence-electron chi connectivity index (χ1n) is 5.54. The summed E-state index contributed by atoms with van der Waals surface area (Å²) in [6.45, 7) is 0.463. The summed E-state index contributed by atoms with van der Waals surface area (Å²) in [5.74, 6) is -0.226. The molecule has 0 unspecified atom stereocenters. The summed E-state index contributed by atoms with van der Waals surface area (Å²) in [6.07, 6.45) is 0. The van der Waals surface area contributed by atoms with Gasteiger partial charge in [0.25, 0.3) is 5.91 Å². The zero-order valence-electron chi connectivity index (χ0n) is 9.69. The van der Waals surface area contributed by atoms with Crippen molar-refractivity contribution in [3.63, 3.8) is 0 Å². The summed E-state index contributed by atoms with van der Waals surface area (Å²) in [5, 5.41) is 3.20. The molecule has 3 N–H and O–H groups in total. The van der Waals surface area contributed by atoms with Gasteiger partial charge in [0.2, 0.25) is 0 Å². The molecule has 0 aromatic heterocycles. The van der Waals surface area contributed by atoms with E-state index in [1.165, 1.54) is 0 Å². The van der Waals surface area contributed by atoms with E-state index in [0.717, 1.165) is 5.56 Å². The predicted molar refractivity (Wildman–Crippen MR) is 73.5 cm³/mol. The van der Waals surface area contributed by atoms with E-state index >= 15 is 0 Å². The molecule has 0 aliphatic carbocycles. The van der Waals surface area contributed by atoms with Crippen LogP contribution in [0, 0.1) is 0 Å². The largest absolute Gasteiger partial charge is 0.399 e. The number of rotatable bonds is 3. The Balaban J connectivity index is 2.06. The SMILES string of the molecule is Nc1ccc(Cl)c(C(=O)NCc2ccccc2)c1. The third-order valence-corrected chi connectivity index (χ3v) is 2.86. The first-order chi connectivity index (χ1) is 8.66. The quantitative estimate of drug-likeness (QED) is 0.834. The molecule has 2 rings (SSSR count). The molecule has 18 heavy (non-hydrogen) atoms. The van der Waals surface area contributed by atoms with Crippen molar-refractivity contribution in [2.45, 2.75) is 6.54 Å². The van der Waals surface area contributed by atoms with Crippen molar-refractivity contribution < 1.29 is 4.79 Å². The highest BCUT2D eigenvalue weighted by atomic mass is 35.5. The number of hydrogen-bond acceptors (Lipinski definition) is 2. The monoisotopic (exact) mass is 260 g/mol. The standard InChI is InChI=1S/C14H13ClN2O/c15-13-7-6-11(16)8-12(13)14(18)17-9-10-4-2-1-3-5-10/h1-8H,9,16H2,(H,17,18). The minimum atomic E-state index is -0.226. The second-order valence-electron chi connectivity index (χ2n) is 3.91. The first-order valence-corrected chi connectivity index (χ1v) is 5.92. The maximum absolute atomic E-state index is 11.9. The van der Waals surface area contributed by atoms with E-state index in [4.69, 9.17) is 17.3 Å². The summed E-state index contributed by atoms with van der Waals surface area (Å²) >= 11 is 5.96. The van der Waals surface area contributed by atoms with Crippen molar-refractivity contribution in [1.29, 1.82) is 0 Å². The molecule has 0 fully saturated rings. The second-order valence-corrected chi connectivity index (χ2v) is 4.31. The zero-order valence-corrected chi connectivity index (χ0v) is 10.4. The van der Waals surface area contributed by atoms with Gasteiger partial charge in [0, 0.05) is 12.2 Å². The number of nitrogen functional groups attached to an aromatic ring is 1. The lowest BCUT2D eigenvalue weighted by atomic mass is 10.1. The number of hydrogen-bond donors (Lipinski definition) is 2. The van der Waals surface area contributed by atoms with Crippen LogP contribution in [0.4, 0.5) is 5.69 Å². The van der Waals surface area contributed by atoms with E-state index in [1.54, 1.807) is 18.2 Å². The highest BCUT2D eigenvalue weighted by molar-refractivity contribution is 6.34. The molecule has 0 atom stereocenters. The molecule has 2 aromatic carbocycles. The Morgan fingerprint density at radius 3 is 2.61 bits per heavy atom. The van der Waals surface area contributed by atoms with Gasteiger partial charge in [-0.3, -0.25) is 4.79 Å². The van der Waals surface area contributed by atoms with Crippen molar-refractivity contribution in [3.8, 4) is 0 Å². The van der Waals surface area contributed by atoms with Gasteiger partial charge in [-0.1, -0.05) is 41.9 Å². The molecule has 2 aromatic rings. The first kappa shape index (κ1) is 12.5. The van der Waals surface area contributed by atoms with Crippen LogP contribution in [0.2, 0.25) is 5.02 Å². The normalized spacial score (nSPS) is 10.1. The Hall–Kier alpha value is -2.00. The molecular weight excluding hydrogens is 248 g/mol. The van der Waals surface area contributed by atoms with Crippen LogP contribution >= 0.6 is 11.6 Å². The van der Waals surface area contributed by atoms with E-state index in [2.05, 4.69) is 5.32 Å². The minimum absolute atomic E-state index is 0.226. The maximum Gasteiger partial charge on any atom is 0.253 e. The van der Waals surface area contributed by atoms with Crippen LogP contribution in [0.15, 0.2) is 48.5 Å². The lowest BCUT2D eigenvalue weighted by molar-refractivity contribution is 0.0951. The third kappa shape index (κ3) is 3.02. The van der Waals surface area contributed by atoms with Crippen LogP contribution in [-0.2, 0) is 6.54 Å². The maximum atomic E-state index is 11.9. The number of nitrogens with one attached hydrogen (secondary N) is 1.